The third-order valence-corrected chi connectivity index (χ3v) is 4.33. The lowest BCUT2D eigenvalue weighted by Gasteiger charge is -2.15. The molecule has 0 aromatic heterocycles. The van der Waals surface area contributed by atoms with Crippen molar-refractivity contribution >= 4 is 21.9 Å². The molecule has 1 rings (SSSR count). The fraction of sp³-hybridized carbons (Fsp3) is 0.333. The van der Waals surface area contributed by atoms with E-state index in [0.717, 1.165) is 18.2 Å². The fourth-order valence-electron chi connectivity index (χ4n) is 1.68. The number of halogens is 1. The van der Waals surface area contributed by atoms with Gasteiger partial charge in [-0.3, -0.25) is 9.59 Å². The van der Waals surface area contributed by atoms with E-state index in [0.29, 0.717) is 0 Å². The first-order valence-corrected chi connectivity index (χ1v) is 7.41. The largest absolute Gasteiger partial charge is 0.480 e. The molecule has 116 valence electrons. The van der Waals surface area contributed by atoms with Crippen molar-refractivity contribution in [1.29, 1.82) is 0 Å². The zero-order chi connectivity index (χ0) is 16.2. The van der Waals surface area contributed by atoms with Gasteiger partial charge in [0.1, 0.15) is 11.9 Å². The lowest BCUT2D eigenvalue weighted by molar-refractivity contribution is -0.139. The van der Waals surface area contributed by atoms with Crippen molar-refractivity contribution < 1.29 is 27.5 Å². The molecule has 0 aliphatic rings. The first kappa shape index (κ1) is 17.1. The van der Waals surface area contributed by atoms with Gasteiger partial charge in [0.05, 0.1) is 4.90 Å². The number of rotatable bonds is 7. The van der Waals surface area contributed by atoms with Crippen molar-refractivity contribution in [3.05, 3.63) is 29.6 Å². The number of primary amides is 1. The van der Waals surface area contributed by atoms with Gasteiger partial charge in [-0.1, -0.05) is 0 Å². The minimum Gasteiger partial charge on any atom is -0.480 e. The number of hydrogen-bond acceptors (Lipinski definition) is 4. The topological polar surface area (TPSA) is 127 Å². The predicted octanol–water partition coefficient (Wildman–Crippen LogP) is 0.131. The van der Waals surface area contributed by atoms with Crippen LogP contribution in [0.25, 0.3) is 0 Å². The van der Waals surface area contributed by atoms with Gasteiger partial charge in [-0.2, -0.15) is 4.72 Å². The molecule has 21 heavy (non-hydrogen) atoms. The van der Waals surface area contributed by atoms with Gasteiger partial charge in [-0.15, -0.1) is 0 Å². The number of carboxylic acid groups (broad SMARTS) is 1. The molecule has 9 heteroatoms. The number of benzene rings is 1. The van der Waals surface area contributed by atoms with E-state index in [1.54, 1.807) is 0 Å². The van der Waals surface area contributed by atoms with E-state index >= 15 is 0 Å². The molecule has 1 atom stereocenters. The molecule has 4 N–H and O–H groups in total. The van der Waals surface area contributed by atoms with Crippen molar-refractivity contribution in [2.24, 2.45) is 5.73 Å². The van der Waals surface area contributed by atoms with Crippen LogP contribution in [-0.2, 0) is 19.6 Å². The molecule has 0 spiro atoms. The third-order valence-electron chi connectivity index (χ3n) is 2.70. The van der Waals surface area contributed by atoms with E-state index in [2.05, 4.69) is 0 Å². The van der Waals surface area contributed by atoms with Gasteiger partial charge >= 0.3 is 5.97 Å². The first-order chi connectivity index (χ1) is 9.63. The number of aliphatic carboxylic acids is 1. The van der Waals surface area contributed by atoms with Crippen LogP contribution in [0.5, 0.6) is 0 Å². The molecular weight excluding hydrogens is 303 g/mol. The monoisotopic (exact) mass is 318 g/mol. The second kappa shape index (κ2) is 6.64. The number of nitrogens with one attached hydrogen (secondary N) is 1. The Kier molecular flexibility index (Phi) is 5.39. The summed E-state index contributed by atoms with van der Waals surface area (Å²) in [6.45, 7) is 1.39. The Labute approximate surface area is 121 Å². The normalized spacial score (nSPS) is 12.9. The summed E-state index contributed by atoms with van der Waals surface area (Å²) in [5.41, 5.74) is 5.05. The predicted molar refractivity (Wildman–Crippen MR) is 71.3 cm³/mol. The van der Waals surface area contributed by atoms with Crippen LogP contribution in [0.4, 0.5) is 4.39 Å². The summed E-state index contributed by atoms with van der Waals surface area (Å²) >= 11 is 0. The molecule has 0 radical (unpaired) electrons. The minimum atomic E-state index is -4.15. The first-order valence-electron chi connectivity index (χ1n) is 5.93. The van der Waals surface area contributed by atoms with Gasteiger partial charge in [-0.05, 0) is 37.1 Å². The molecule has 0 saturated heterocycles. The SMILES string of the molecule is Cc1cc(F)ccc1S(=O)(=O)N[C@@H](CCC(N)=O)C(=O)O. The van der Waals surface area contributed by atoms with Crippen LogP contribution in [-0.4, -0.2) is 31.4 Å². The highest BCUT2D eigenvalue weighted by atomic mass is 32.2. The van der Waals surface area contributed by atoms with Gasteiger partial charge < -0.3 is 10.8 Å². The van der Waals surface area contributed by atoms with E-state index in [9.17, 15) is 22.4 Å². The number of amides is 1. The standard InChI is InChI=1S/C12H15FN2O5S/c1-7-6-8(13)2-4-10(7)21(19,20)15-9(12(17)18)3-5-11(14)16/h2,4,6,9,15H,3,5H2,1H3,(H2,14,16)(H,17,18)/t9-/m0/s1. The summed E-state index contributed by atoms with van der Waals surface area (Å²) in [5.74, 6) is -2.77. The van der Waals surface area contributed by atoms with Crippen molar-refractivity contribution in [2.45, 2.75) is 30.7 Å². The Morgan fingerprint density at radius 2 is 2.05 bits per heavy atom. The van der Waals surface area contributed by atoms with Crippen LogP contribution in [0.3, 0.4) is 0 Å². The summed E-state index contributed by atoms with van der Waals surface area (Å²) in [6.07, 6.45) is -0.550. The Hall–Kier alpha value is -2.00. The van der Waals surface area contributed by atoms with Crippen LogP contribution >= 0.6 is 0 Å². The van der Waals surface area contributed by atoms with Crippen LogP contribution in [0.15, 0.2) is 23.1 Å². The van der Waals surface area contributed by atoms with Crippen molar-refractivity contribution in [2.75, 3.05) is 0 Å². The average molecular weight is 318 g/mol. The highest BCUT2D eigenvalue weighted by Crippen LogP contribution is 2.17. The molecule has 0 aliphatic heterocycles. The molecule has 0 aliphatic carbocycles. The molecule has 0 fully saturated rings. The van der Waals surface area contributed by atoms with E-state index < -0.39 is 33.8 Å². The van der Waals surface area contributed by atoms with E-state index in [-0.39, 0.29) is 23.3 Å². The summed E-state index contributed by atoms with van der Waals surface area (Å²) in [4.78, 5) is 21.5. The molecule has 0 bridgehead atoms. The van der Waals surface area contributed by atoms with Crippen LogP contribution in [0.2, 0.25) is 0 Å². The van der Waals surface area contributed by atoms with Crippen LogP contribution < -0.4 is 10.5 Å². The summed E-state index contributed by atoms with van der Waals surface area (Å²) in [5, 5.41) is 8.97. The van der Waals surface area contributed by atoms with Crippen molar-refractivity contribution in [1.82, 2.24) is 4.72 Å². The fourth-order valence-corrected chi connectivity index (χ4v) is 3.13. The van der Waals surface area contributed by atoms with Gasteiger partial charge in [0.2, 0.25) is 15.9 Å². The molecule has 0 unspecified atom stereocenters. The van der Waals surface area contributed by atoms with Crippen LogP contribution in [0.1, 0.15) is 18.4 Å². The molecule has 0 heterocycles. The number of sulfonamides is 1. The maximum absolute atomic E-state index is 13.0. The lowest BCUT2D eigenvalue weighted by Crippen LogP contribution is -2.41. The highest BCUT2D eigenvalue weighted by molar-refractivity contribution is 7.89. The van der Waals surface area contributed by atoms with Gasteiger partial charge in [0, 0.05) is 6.42 Å². The summed E-state index contributed by atoms with van der Waals surface area (Å²) in [7, 11) is -4.15. The number of carbonyl (C=O) groups excluding carboxylic acids is 1. The number of carbonyl (C=O) groups is 2. The Bertz CT molecular complexity index is 660. The zero-order valence-electron chi connectivity index (χ0n) is 11.2. The number of hydrogen-bond donors (Lipinski definition) is 3. The second-order valence-corrected chi connectivity index (χ2v) is 6.11. The molecule has 7 nitrogen and oxygen atoms in total. The average Bonchev–Trinajstić information content (AvgIpc) is 2.33. The Morgan fingerprint density at radius 3 is 2.52 bits per heavy atom. The smallest absolute Gasteiger partial charge is 0.321 e. The Balaban J connectivity index is 3.00. The molecule has 1 amide bonds. The third kappa shape index (κ3) is 4.80. The van der Waals surface area contributed by atoms with E-state index in [1.807, 2.05) is 4.72 Å². The number of carboxylic acids is 1. The summed E-state index contributed by atoms with van der Waals surface area (Å²) < 4.78 is 39.2. The van der Waals surface area contributed by atoms with Gasteiger partial charge in [-0.25, -0.2) is 12.8 Å². The van der Waals surface area contributed by atoms with Crippen molar-refractivity contribution in [3.63, 3.8) is 0 Å². The Morgan fingerprint density at radius 1 is 1.43 bits per heavy atom. The number of nitrogens with two attached hydrogens (primary N) is 1. The van der Waals surface area contributed by atoms with E-state index in [1.165, 1.54) is 6.92 Å². The quantitative estimate of drug-likeness (QED) is 0.658. The van der Waals surface area contributed by atoms with Gasteiger partial charge in [0.15, 0.2) is 0 Å². The van der Waals surface area contributed by atoms with Crippen LogP contribution in [0, 0.1) is 12.7 Å². The number of aryl methyl sites for hydroxylation is 1. The molecule has 1 aromatic rings. The van der Waals surface area contributed by atoms with Crippen molar-refractivity contribution in [3.8, 4) is 0 Å². The summed E-state index contributed by atoms with van der Waals surface area (Å²) in [6, 6.07) is 1.53. The maximum Gasteiger partial charge on any atom is 0.321 e. The minimum absolute atomic E-state index is 0.140. The van der Waals surface area contributed by atoms with E-state index in [4.69, 9.17) is 10.8 Å². The molecular formula is C12H15FN2O5S. The molecule has 1 aromatic carbocycles. The van der Waals surface area contributed by atoms with Gasteiger partial charge in [0.25, 0.3) is 0 Å². The molecule has 0 saturated carbocycles. The second-order valence-electron chi connectivity index (χ2n) is 4.43. The highest BCUT2D eigenvalue weighted by Gasteiger charge is 2.26. The lowest BCUT2D eigenvalue weighted by atomic mass is 10.2. The zero-order valence-corrected chi connectivity index (χ0v) is 12.0. The maximum atomic E-state index is 13.0.